The largest absolute Gasteiger partial charge is 0.462 e. The molecule has 0 aromatic heterocycles. The van der Waals surface area contributed by atoms with E-state index in [2.05, 4.69) is 142 Å². The summed E-state index contributed by atoms with van der Waals surface area (Å²) in [5.41, 5.74) is 0. The van der Waals surface area contributed by atoms with Crippen molar-refractivity contribution < 1.29 is 28.6 Å². The Bertz CT molecular complexity index is 1700. The number of carbonyl (C=O) groups excluding carboxylic acids is 3. The maximum Gasteiger partial charge on any atom is 0.306 e. The maximum absolute atomic E-state index is 12.9. The lowest BCUT2D eigenvalue weighted by Gasteiger charge is -2.18. The van der Waals surface area contributed by atoms with Gasteiger partial charge in [-0.05, 0) is 109 Å². The average Bonchev–Trinajstić information content (AvgIpc) is 3.50. The molecule has 474 valence electrons. The molecule has 0 amide bonds. The Morgan fingerprint density at radius 3 is 0.735 bits per heavy atom. The van der Waals surface area contributed by atoms with E-state index in [0.29, 0.717) is 12.8 Å². The standard InChI is InChI=1S/C77H130O6/c1-4-7-10-13-16-19-22-25-28-31-34-35-36-37-38-39-40-41-44-46-49-52-55-58-61-64-67-70-76(79)82-73-74(83-77(80)71-68-65-62-59-56-53-50-47-43-33-30-27-24-21-18-15-12-9-6-3)72-81-75(78)69-66-63-60-57-54-51-48-45-42-32-29-26-23-20-17-14-11-8-5-2/h8-9,11-12,17-18,20-21,26-27,29-30,42-43,45,47,51,53-54,56,74H,4-7,10,13-16,19,22-25,28,31-41,44,46,48-50,52,55,57-73H2,1-3H3/b11-8-,12-9-,20-17-,21-18-,29-26-,30-27-,45-42-,47-43-,54-51-,56-53-. The zero-order valence-electron chi connectivity index (χ0n) is 54.4. The van der Waals surface area contributed by atoms with Gasteiger partial charge < -0.3 is 14.2 Å². The molecule has 0 aromatic rings. The molecular weight excluding hydrogens is 1020 g/mol. The molecule has 0 heterocycles. The lowest BCUT2D eigenvalue weighted by Crippen LogP contribution is -2.30. The van der Waals surface area contributed by atoms with Gasteiger partial charge in [0.05, 0.1) is 0 Å². The number of ether oxygens (including phenoxy) is 3. The van der Waals surface area contributed by atoms with Crippen LogP contribution in [0.25, 0.3) is 0 Å². The van der Waals surface area contributed by atoms with Gasteiger partial charge in [0, 0.05) is 19.3 Å². The van der Waals surface area contributed by atoms with Gasteiger partial charge in [0.1, 0.15) is 13.2 Å². The van der Waals surface area contributed by atoms with E-state index in [-0.39, 0.29) is 37.5 Å². The Hall–Kier alpha value is -4.19. The Kier molecular flexibility index (Phi) is 66.7. The Labute approximate surface area is 513 Å². The first-order valence-corrected chi connectivity index (χ1v) is 35.0. The van der Waals surface area contributed by atoms with Crippen molar-refractivity contribution in [2.24, 2.45) is 0 Å². The number of allylic oxidation sites excluding steroid dienone is 20. The van der Waals surface area contributed by atoms with E-state index in [1.54, 1.807) is 0 Å². The summed E-state index contributed by atoms with van der Waals surface area (Å²) in [7, 11) is 0. The van der Waals surface area contributed by atoms with E-state index < -0.39 is 6.10 Å². The van der Waals surface area contributed by atoms with Gasteiger partial charge >= 0.3 is 17.9 Å². The molecule has 0 aliphatic carbocycles. The van der Waals surface area contributed by atoms with Crippen molar-refractivity contribution in [3.05, 3.63) is 122 Å². The fraction of sp³-hybridized carbons (Fsp3) is 0.701. The number of rotatable bonds is 63. The maximum atomic E-state index is 12.9. The summed E-state index contributed by atoms with van der Waals surface area (Å²) in [6.45, 7) is 6.39. The first kappa shape index (κ1) is 78.8. The van der Waals surface area contributed by atoms with Crippen LogP contribution in [-0.4, -0.2) is 37.2 Å². The summed E-state index contributed by atoms with van der Waals surface area (Å²) in [4.78, 5) is 38.4. The van der Waals surface area contributed by atoms with Gasteiger partial charge in [0.15, 0.2) is 6.10 Å². The lowest BCUT2D eigenvalue weighted by molar-refractivity contribution is -0.167. The molecule has 0 bridgehead atoms. The van der Waals surface area contributed by atoms with Gasteiger partial charge in [-0.3, -0.25) is 14.4 Å². The van der Waals surface area contributed by atoms with Crippen LogP contribution in [0.5, 0.6) is 0 Å². The molecule has 6 nitrogen and oxygen atoms in total. The highest BCUT2D eigenvalue weighted by molar-refractivity contribution is 5.71. The number of esters is 3. The van der Waals surface area contributed by atoms with Crippen LogP contribution in [-0.2, 0) is 28.6 Å². The van der Waals surface area contributed by atoms with Crippen LogP contribution in [0.1, 0.15) is 329 Å². The van der Waals surface area contributed by atoms with E-state index in [9.17, 15) is 14.4 Å². The molecular formula is C77H130O6. The van der Waals surface area contributed by atoms with Crippen molar-refractivity contribution in [1.29, 1.82) is 0 Å². The summed E-state index contributed by atoms with van der Waals surface area (Å²) in [5, 5.41) is 0. The second-order valence-corrected chi connectivity index (χ2v) is 23.0. The predicted molar refractivity (Wildman–Crippen MR) is 362 cm³/mol. The highest BCUT2D eigenvalue weighted by Gasteiger charge is 2.19. The van der Waals surface area contributed by atoms with Gasteiger partial charge in [-0.2, -0.15) is 0 Å². The minimum absolute atomic E-state index is 0.102. The van der Waals surface area contributed by atoms with Gasteiger partial charge in [-0.25, -0.2) is 0 Å². The van der Waals surface area contributed by atoms with E-state index in [0.717, 1.165) is 135 Å². The zero-order valence-corrected chi connectivity index (χ0v) is 54.4. The fourth-order valence-electron chi connectivity index (χ4n) is 9.79. The van der Waals surface area contributed by atoms with Crippen LogP contribution in [0.3, 0.4) is 0 Å². The van der Waals surface area contributed by atoms with Gasteiger partial charge in [-0.15, -0.1) is 0 Å². The van der Waals surface area contributed by atoms with Crippen molar-refractivity contribution >= 4 is 17.9 Å². The number of hydrogen-bond donors (Lipinski definition) is 0. The second-order valence-electron chi connectivity index (χ2n) is 23.0. The van der Waals surface area contributed by atoms with Gasteiger partial charge in [0.25, 0.3) is 0 Å². The highest BCUT2D eigenvalue weighted by atomic mass is 16.6. The third-order valence-electron chi connectivity index (χ3n) is 15.0. The van der Waals surface area contributed by atoms with Crippen molar-refractivity contribution in [3.8, 4) is 0 Å². The Morgan fingerprint density at radius 2 is 0.470 bits per heavy atom. The Morgan fingerprint density at radius 1 is 0.253 bits per heavy atom. The van der Waals surface area contributed by atoms with Crippen molar-refractivity contribution in [1.82, 2.24) is 0 Å². The third kappa shape index (κ3) is 68.5. The Balaban J connectivity index is 4.40. The molecule has 0 spiro atoms. The molecule has 1 unspecified atom stereocenters. The molecule has 0 aromatic carbocycles. The molecule has 0 aliphatic rings. The third-order valence-corrected chi connectivity index (χ3v) is 15.0. The minimum atomic E-state index is -0.814. The molecule has 0 rings (SSSR count). The predicted octanol–water partition coefficient (Wildman–Crippen LogP) is 24.3. The minimum Gasteiger partial charge on any atom is -0.462 e. The smallest absolute Gasteiger partial charge is 0.306 e. The van der Waals surface area contributed by atoms with E-state index in [1.807, 2.05) is 0 Å². The van der Waals surface area contributed by atoms with Crippen molar-refractivity contribution in [2.45, 2.75) is 335 Å². The molecule has 6 heteroatoms. The molecule has 83 heavy (non-hydrogen) atoms. The molecule has 0 aliphatic heterocycles. The SMILES string of the molecule is CC/C=C\C/C=C\C/C=C\C/C=C\C/C=C\CCCCCC(=O)OCC(COC(=O)CCCCCCCCCCCCCCCCCCCCCCCCCCCCC)OC(=O)CCCCC/C=C\C/C=C\C/C=C\C/C=C\C/C=C\CC. The summed E-state index contributed by atoms with van der Waals surface area (Å²) in [5.74, 6) is -0.958. The normalized spacial score (nSPS) is 12.9. The number of carbonyl (C=O) groups is 3. The highest BCUT2D eigenvalue weighted by Crippen LogP contribution is 2.17. The summed E-state index contributed by atoms with van der Waals surface area (Å²) in [6, 6.07) is 0. The van der Waals surface area contributed by atoms with Crippen LogP contribution in [0, 0.1) is 0 Å². The summed E-state index contributed by atoms with van der Waals surface area (Å²) in [6.07, 6.45) is 98.0. The monoisotopic (exact) mass is 1150 g/mol. The van der Waals surface area contributed by atoms with Crippen LogP contribution in [0.15, 0.2) is 122 Å². The van der Waals surface area contributed by atoms with Crippen LogP contribution in [0.4, 0.5) is 0 Å². The summed E-state index contributed by atoms with van der Waals surface area (Å²) < 4.78 is 16.9. The molecule has 0 saturated heterocycles. The molecule has 1 atom stereocenters. The molecule has 0 radical (unpaired) electrons. The van der Waals surface area contributed by atoms with E-state index in [4.69, 9.17) is 14.2 Å². The van der Waals surface area contributed by atoms with Gasteiger partial charge in [-0.1, -0.05) is 322 Å². The average molecular weight is 1150 g/mol. The van der Waals surface area contributed by atoms with Crippen molar-refractivity contribution in [2.75, 3.05) is 13.2 Å². The van der Waals surface area contributed by atoms with Crippen LogP contribution < -0.4 is 0 Å². The van der Waals surface area contributed by atoms with E-state index >= 15 is 0 Å². The summed E-state index contributed by atoms with van der Waals surface area (Å²) >= 11 is 0. The zero-order chi connectivity index (χ0) is 59.9. The lowest BCUT2D eigenvalue weighted by atomic mass is 10.0. The van der Waals surface area contributed by atoms with Crippen molar-refractivity contribution in [3.63, 3.8) is 0 Å². The quantitative estimate of drug-likeness (QED) is 0.0261. The topological polar surface area (TPSA) is 78.9 Å². The second kappa shape index (κ2) is 70.3. The number of unbranched alkanes of at least 4 members (excludes halogenated alkanes) is 32. The molecule has 0 fully saturated rings. The molecule has 0 N–H and O–H groups in total. The molecule has 0 saturated carbocycles. The first-order chi connectivity index (χ1) is 41.0. The van der Waals surface area contributed by atoms with E-state index in [1.165, 1.54) is 154 Å². The fourth-order valence-corrected chi connectivity index (χ4v) is 9.79. The van der Waals surface area contributed by atoms with Gasteiger partial charge in [0.2, 0.25) is 0 Å². The van der Waals surface area contributed by atoms with Crippen LogP contribution >= 0.6 is 0 Å². The van der Waals surface area contributed by atoms with Crippen LogP contribution in [0.2, 0.25) is 0 Å². The first-order valence-electron chi connectivity index (χ1n) is 35.0. The number of hydrogen-bond acceptors (Lipinski definition) is 6.